The summed E-state index contributed by atoms with van der Waals surface area (Å²) in [7, 11) is -6.71. The molecule has 0 rings (SSSR count). The standard InChI is InChI=1S/C10H27O3Si4/c1-10-17(9,11-14(2)3)13-16(7,8)12-15(4,5)6/h10H,1H2,2-9H3. The molecule has 3 nitrogen and oxygen atoms in total. The zero-order chi connectivity index (χ0) is 13.9. The topological polar surface area (TPSA) is 27.7 Å². The maximum Gasteiger partial charge on any atom is 0.342 e. The highest BCUT2D eigenvalue weighted by molar-refractivity contribution is 6.89. The van der Waals surface area contributed by atoms with Crippen molar-refractivity contribution in [3.8, 4) is 0 Å². The lowest BCUT2D eigenvalue weighted by Crippen LogP contribution is -2.54. The summed E-state index contributed by atoms with van der Waals surface area (Å²) in [5.41, 5.74) is 1.87. The molecule has 0 spiro atoms. The van der Waals surface area contributed by atoms with Crippen LogP contribution in [-0.4, -0.2) is 34.5 Å². The number of hydrogen-bond acceptors (Lipinski definition) is 3. The van der Waals surface area contributed by atoms with Gasteiger partial charge in [0.05, 0.1) is 0 Å². The van der Waals surface area contributed by atoms with Crippen molar-refractivity contribution in [3.63, 3.8) is 0 Å². The number of rotatable bonds is 7. The third kappa shape index (κ3) is 8.24. The van der Waals surface area contributed by atoms with Gasteiger partial charge >= 0.3 is 17.1 Å². The molecule has 1 atom stereocenters. The molecule has 0 N–H and O–H groups in total. The maximum absolute atomic E-state index is 6.24. The van der Waals surface area contributed by atoms with Gasteiger partial charge in [-0.1, -0.05) is 5.70 Å². The molecule has 1 unspecified atom stereocenters. The van der Waals surface area contributed by atoms with E-state index in [1.54, 1.807) is 0 Å². The molecule has 0 amide bonds. The SMILES string of the molecule is C=C[Si](C)(O[Si](C)C)O[Si](C)(C)O[Si](C)(C)C. The van der Waals surface area contributed by atoms with Gasteiger partial charge in [0.15, 0.2) is 17.4 Å². The van der Waals surface area contributed by atoms with Gasteiger partial charge in [-0.05, 0) is 52.4 Å². The Balaban J connectivity index is 4.70. The highest BCUT2D eigenvalue weighted by Crippen LogP contribution is 2.22. The molecule has 17 heavy (non-hydrogen) atoms. The fraction of sp³-hybridized carbons (Fsp3) is 0.800. The minimum atomic E-state index is -2.25. The Morgan fingerprint density at radius 3 is 1.71 bits per heavy atom. The van der Waals surface area contributed by atoms with Crippen LogP contribution in [0.15, 0.2) is 12.3 Å². The summed E-state index contributed by atoms with van der Waals surface area (Å²) in [5.74, 6) is 0. The van der Waals surface area contributed by atoms with Crippen LogP contribution in [0, 0.1) is 0 Å². The molecule has 0 heterocycles. The molecule has 0 fully saturated rings. The van der Waals surface area contributed by atoms with Gasteiger partial charge in [0, 0.05) is 0 Å². The van der Waals surface area contributed by atoms with E-state index in [4.69, 9.17) is 12.3 Å². The first-order chi connectivity index (χ1) is 7.39. The Kier molecular flexibility index (Phi) is 6.26. The fourth-order valence-electron chi connectivity index (χ4n) is 1.76. The van der Waals surface area contributed by atoms with Gasteiger partial charge in [-0.2, -0.15) is 0 Å². The molecule has 7 heteroatoms. The highest BCUT2D eigenvalue weighted by atomic mass is 28.5. The Morgan fingerprint density at radius 1 is 0.941 bits per heavy atom. The van der Waals surface area contributed by atoms with Crippen LogP contribution in [0.25, 0.3) is 0 Å². The molecule has 0 saturated heterocycles. The zero-order valence-corrected chi connectivity index (χ0v) is 16.5. The van der Waals surface area contributed by atoms with Crippen LogP contribution in [0.5, 0.6) is 0 Å². The average molecular weight is 308 g/mol. The lowest BCUT2D eigenvalue weighted by Gasteiger charge is -2.37. The summed E-state index contributed by atoms with van der Waals surface area (Å²) >= 11 is 0. The molecular formula is C10H27O3Si4. The van der Waals surface area contributed by atoms with Crippen molar-refractivity contribution >= 4 is 34.5 Å². The van der Waals surface area contributed by atoms with Crippen LogP contribution in [0.4, 0.5) is 0 Å². The lowest BCUT2D eigenvalue weighted by atomic mass is 11.3. The molecule has 0 saturated carbocycles. The molecule has 101 valence electrons. The lowest BCUT2D eigenvalue weighted by molar-refractivity contribution is 0.340. The third-order valence-electron chi connectivity index (χ3n) is 1.78. The molecule has 0 aromatic heterocycles. The van der Waals surface area contributed by atoms with Gasteiger partial charge in [-0.15, -0.1) is 6.58 Å². The molecule has 0 aromatic rings. The van der Waals surface area contributed by atoms with Gasteiger partial charge in [-0.25, -0.2) is 0 Å². The normalized spacial score (nSPS) is 17.0. The molecule has 0 bridgehead atoms. The summed E-state index contributed by atoms with van der Waals surface area (Å²) in [4.78, 5) is 0. The molecule has 0 aliphatic rings. The van der Waals surface area contributed by atoms with E-state index in [0.29, 0.717) is 0 Å². The van der Waals surface area contributed by atoms with E-state index in [1.807, 2.05) is 5.70 Å². The van der Waals surface area contributed by atoms with Crippen molar-refractivity contribution < 1.29 is 12.3 Å². The smallest absolute Gasteiger partial charge is 0.342 e. The van der Waals surface area contributed by atoms with Gasteiger partial charge in [0.25, 0.3) is 0 Å². The van der Waals surface area contributed by atoms with E-state index in [9.17, 15) is 0 Å². The van der Waals surface area contributed by atoms with Crippen LogP contribution in [0.3, 0.4) is 0 Å². The molecule has 0 aromatic carbocycles. The van der Waals surface area contributed by atoms with E-state index in [-0.39, 0.29) is 0 Å². The Morgan fingerprint density at radius 2 is 1.41 bits per heavy atom. The van der Waals surface area contributed by atoms with Crippen molar-refractivity contribution in [2.45, 2.75) is 52.4 Å². The molecule has 0 aliphatic carbocycles. The molecular weight excluding hydrogens is 280 g/mol. The van der Waals surface area contributed by atoms with Crippen molar-refractivity contribution in [1.29, 1.82) is 0 Å². The summed E-state index contributed by atoms with van der Waals surface area (Å²) in [6.07, 6.45) is 0. The van der Waals surface area contributed by atoms with E-state index in [2.05, 4.69) is 59.0 Å². The van der Waals surface area contributed by atoms with Crippen LogP contribution >= 0.6 is 0 Å². The Bertz CT molecular complexity index is 263. The Labute approximate surface area is 112 Å². The third-order valence-corrected chi connectivity index (χ3v) is 13.8. The van der Waals surface area contributed by atoms with Crippen LogP contribution in [0.1, 0.15) is 0 Å². The predicted molar refractivity (Wildman–Crippen MR) is 83.4 cm³/mol. The van der Waals surface area contributed by atoms with E-state index in [1.165, 1.54) is 0 Å². The second-order valence-electron chi connectivity index (χ2n) is 5.95. The fourth-order valence-corrected chi connectivity index (χ4v) is 16.6. The van der Waals surface area contributed by atoms with E-state index >= 15 is 0 Å². The number of hydrogen-bond donors (Lipinski definition) is 0. The van der Waals surface area contributed by atoms with Gasteiger partial charge < -0.3 is 12.3 Å². The minimum Gasteiger partial charge on any atom is -0.437 e. The van der Waals surface area contributed by atoms with Gasteiger partial charge in [-0.3, -0.25) is 0 Å². The van der Waals surface area contributed by atoms with Gasteiger partial charge in [0.2, 0.25) is 0 Å². The second kappa shape index (κ2) is 6.09. The predicted octanol–water partition coefficient (Wildman–Crippen LogP) is 3.62. The second-order valence-corrected chi connectivity index (χ2v) is 19.7. The van der Waals surface area contributed by atoms with Gasteiger partial charge in [0.1, 0.15) is 0 Å². The first kappa shape index (κ1) is 17.5. The van der Waals surface area contributed by atoms with E-state index < -0.39 is 34.5 Å². The largest absolute Gasteiger partial charge is 0.437 e. The summed E-state index contributed by atoms with van der Waals surface area (Å²) in [6, 6.07) is 0. The van der Waals surface area contributed by atoms with E-state index in [0.717, 1.165) is 0 Å². The van der Waals surface area contributed by atoms with Crippen molar-refractivity contribution in [1.82, 2.24) is 0 Å². The zero-order valence-electron chi connectivity index (χ0n) is 12.5. The van der Waals surface area contributed by atoms with Crippen LogP contribution < -0.4 is 0 Å². The maximum atomic E-state index is 6.24. The van der Waals surface area contributed by atoms with Crippen molar-refractivity contribution in [2.24, 2.45) is 0 Å². The average Bonchev–Trinajstić information content (AvgIpc) is 1.95. The highest BCUT2D eigenvalue weighted by Gasteiger charge is 2.40. The van der Waals surface area contributed by atoms with Crippen molar-refractivity contribution in [3.05, 3.63) is 12.3 Å². The summed E-state index contributed by atoms with van der Waals surface area (Å²) in [5, 5.41) is 0. The first-order valence-corrected chi connectivity index (χ1v) is 16.9. The molecule has 0 aliphatic heterocycles. The van der Waals surface area contributed by atoms with Crippen molar-refractivity contribution in [2.75, 3.05) is 0 Å². The summed E-state index contributed by atoms with van der Waals surface area (Å²) < 4.78 is 18.4. The monoisotopic (exact) mass is 307 g/mol. The first-order valence-electron chi connectivity index (χ1n) is 5.92. The minimum absolute atomic E-state index is 0.775. The van der Waals surface area contributed by atoms with Crippen LogP contribution in [0.2, 0.25) is 52.4 Å². The molecule has 1 radical (unpaired) electrons. The van der Waals surface area contributed by atoms with Crippen LogP contribution in [-0.2, 0) is 12.3 Å². The quantitative estimate of drug-likeness (QED) is 0.672. The Hall–Kier alpha value is 0.488. The summed E-state index contributed by atoms with van der Waals surface area (Å²) in [6.45, 7) is 20.9.